The first kappa shape index (κ1) is 16.2. The van der Waals surface area contributed by atoms with E-state index < -0.39 is 23.8 Å². The first-order chi connectivity index (χ1) is 9.33. The Labute approximate surface area is 120 Å². The van der Waals surface area contributed by atoms with E-state index in [0.29, 0.717) is 6.42 Å². The zero-order valence-electron chi connectivity index (χ0n) is 12.3. The summed E-state index contributed by atoms with van der Waals surface area (Å²) >= 11 is 0. The fourth-order valence-electron chi connectivity index (χ4n) is 1.80. The summed E-state index contributed by atoms with van der Waals surface area (Å²) in [5.74, 6) is 0. The van der Waals surface area contributed by atoms with Crippen LogP contribution < -0.4 is 5.32 Å². The highest BCUT2D eigenvalue weighted by molar-refractivity contribution is 5.68. The van der Waals surface area contributed by atoms with Gasteiger partial charge in [-0.3, -0.25) is 0 Å². The molecule has 0 aliphatic rings. The molecule has 0 fully saturated rings. The molecule has 2 N–H and O–H groups in total. The summed E-state index contributed by atoms with van der Waals surface area (Å²) in [6.45, 7) is 9.00. The molecule has 4 nitrogen and oxygen atoms in total. The quantitative estimate of drug-likeness (QED) is 0.813. The van der Waals surface area contributed by atoms with Crippen molar-refractivity contribution in [1.82, 2.24) is 5.32 Å². The lowest BCUT2D eigenvalue weighted by Crippen LogP contribution is -2.39. The normalized spacial score (nSPS) is 14.2. The van der Waals surface area contributed by atoms with Gasteiger partial charge in [0.2, 0.25) is 0 Å². The summed E-state index contributed by atoms with van der Waals surface area (Å²) in [4.78, 5) is 11.9. The Balaban J connectivity index is 2.84. The molecule has 0 saturated heterocycles. The van der Waals surface area contributed by atoms with Gasteiger partial charge in [-0.15, -0.1) is 6.58 Å². The first-order valence-corrected chi connectivity index (χ1v) is 6.67. The third-order valence-electron chi connectivity index (χ3n) is 2.62. The lowest BCUT2D eigenvalue weighted by molar-refractivity contribution is 0.0423. The van der Waals surface area contributed by atoms with Gasteiger partial charge in [-0.2, -0.15) is 0 Å². The minimum Gasteiger partial charge on any atom is -0.444 e. The SMILES string of the molecule is C=CCC(O)[C@H](NC(=O)OC(C)(C)C)c1ccccc1. The van der Waals surface area contributed by atoms with Crippen LogP contribution in [0.3, 0.4) is 0 Å². The minimum absolute atomic E-state index is 0.384. The van der Waals surface area contributed by atoms with Crippen LogP contribution in [0.15, 0.2) is 43.0 Å². The number of hydrogen-bond acceptors (Lipinski definition) is 3. The average Bonchev–Trinajstić information content (AvgIpc) is 2.35. The largest absolute Gasteiger partial charge is 0.444 e. The van der Waals surface area contributed by atoms with Gasteiger partial charge in [0.25, 0.3) is 0 Å². The number of amides is 1. The standard InChI is InChI=1S/C16H23NO3/c1-5-9-13(18)14(12-10-7-6-8-11-12)17-15(19)20-16(2,3)4/h5-8,10-11,13-14,18H,1,9H2,2-4H3,(H,17,19)/t13?,14-/m1/s1. The lowest BCUT2D eigenvalue weighted by atomic mass is 9.99. The molecular formula is C16H23NO3. The Bertz CT molecular complexity index is 437. The summed E-state index contributed by atoms with van der Waals surface area (Å²) in [6, 6.07) is 8.79. The number of aliphatic hydroxyl groups is 1. The second-order valence-corrected chi connectivity index (χ2v) is 5.63. The molecule has 1 unspecified atom stereocenters. The second kappa shape index (κ2) is 7.10. The average molecular weight is 277 g/mol. The third-order valence-corrected chi connectivity index (χ3v) is 2.62. The van der Waals surface area contributed by atoms with Crippen molar-refractivity contribution in [1.29, 1.82) is 0 Å². The van der Waals surface area contributed by atoms with Gasteiger partial charge in [-0.1, -0.05) is 36.4 Å². The molecule has 1 rings (SSSR count). The molecule has 0 spiro atoms. The number of nitrogens with one attached hydrogen (secondary N) is 1. The van der Waals surface area contributed by atoms with Gasteiger partial charge >= 0.3 is 6.09 Å². The summed E-state index contributed by atoms with van der Waals surface area (Å²) in [5.41, 5.74) is 0.252. The van der Waals surface area contributed by atoms with Crippen LogP contribution in [0.1, 0.15) is 38.8 Å². The van der Waals surface area contributed by atoms with Crippen molar-refractivity contribution in [3.8, 4) is 0 Å². The summed E-state index contributed by atoms with van der Waals surface area (Å²) in [7, 11) is 0. The van der Waals surface area contributed by atoms with E-state index in [9.17, 15) is 9.90 Å². The number of carbonyl (C=O) groups is 1. The van der Waals surface area contributed by atoms with E-state index in [1.54, 1.807) is 26.8 Å². The Morgan fingerprint density at radius 2 is 2.00 bits per heavy atom. The van der Waals surface area contributed by atoms with Gasteiger partial charge < -0.3 is 15.2 Å². The van der Waals surface area contributed by atoms with Crippen molar-refractivity contribution >= 4 is 6.09 Å². The van der Waals surface area contributed by atoms with E-state index in [-0.39, 0.29) is 0 Å². The molecule has 20 heavy (non-hydrogen) atoms. The smallest absolute Gasteiger partial charge is 0.408 e. The predicted molar refractivity (Wildman–Crippen MR) is 79.4 cm³/mol. The molecule has 0 aliphatic heterocycles. The Morgan fingerprint density at radius 3 is 2.50 bits per heavy atom. The number of benzene rings is 1. The molecule has 0 aromatic heterocycles. The van der Waals surface area contributed by atoms with E-state index in [1.807, 2.05) is 30.3 Å². The maximum Gasteiger partial charge on any atom is 0.408 e. The van der Waals surface area contributed by atoms with Crippen molar-refractivity contribution in [2.45, 2.75) is 44.9 Å². The molecule has 2 atom stereocenters. The van der Waals surface area contributed by atoms with Gasteiger partial charge in [0.1, 0.15) is 5.60 Å². The number of alkyl carbamates (subject to hydrolysis) is 1. The molecule has 110 valence electrons. The molecule has 0 saturated carbocycles. The van der Waals surface area contributed by atoms with Gasteiger partial charge in [0.15, 0.2) is 0 Å². The van der Waals surface area contributed by atoms with Crippen LogP contribution in [-0.4, -0.2) is 22.9 Å². The highest BCUT2D eigenvalue weighted by Gasteiger charge is 2.25. The van der Waals surface area contributed by atoms with Crippen LogP contribution in [0.25, 0.3) is 0 Å². The number of aliphatic hydroxyl groups excluding tert-OH is 1. The lowest BCUT2D eigenvalue weighted by Gasteiger charge is -2.26. The predicted octanol–water partition coefficient (Wildman–Crippen LogP) is 3.19. The Kier molecular flexibility index (Phi) is 5.77. The second-order valence-electron chi connectivity index (χ2n) is 5.63. The minimum atomic E-state index is -0.748. The summed E-state index contributed by atoms with van der Waals surface area (Å²) in [6.07, 6.45) is 0.712. The van der Waals surface area contributed by atoms with Gasteiger partial charge in [-0.05, 0) is 32.8 Å². The van der Waals surface area contributed by atoms with Gasteiger partial charge in [0.05, 0.1) is 12.1 Å². The van der Waals surface area contributed by atoms with Crippen LogP contribution in [0, 0.1) is 0 Å². The van der Waals surface area contributed by atoms with Crippen LogP contribution in [0.2, 0.25) is 0 Å². The van der Waals surface area contributed by atoms with Crippen molar-refractivity contribution < 1.29 is 14.6 Å². The van der Waals surface area contributed by atoms with Gasteiger partial charge in [-0.25, -0.2) is 4.79 Å². The molecule has 1 aromatic carbocycles. The molecule has 1 aromatic rings. The molecule has 4 heteroatoms. The summed E-state index contributed by atoms with van der Waals surface area (Å²) in [5, 5.41) is 12.9. The number of carbonyl (C=O) groups excluding carboxylic acids is 1. The number of rotatable bonds is 5. The molecule has 0 radical (unpaired) electrons. The van der Waals surface area contributed by atoms with E-state index in [2.05, 4.69) is 11.9 Å². The molecule has 0 bridgehead atoms. The first-order valence-electron chi connectivity index (χ1n) is 6.67. The van der Waals surface area contributed by atoms with Crippen LogP contribution in [0.4, 0.5) is 4.79 Å². The monoisotopic (exact) mass is 277 g/mol. The Hall–Kier alpha value is -1.81. The van der Waals surface area contributed by atoms with Crippen LogP contribution >= 0.6 is 0 Å². The van der Waals surface area contributed by atoms with Gasteiger partial charge in [0, 0.05) is 0 Å². The summed E-state index contributed by atoms with van der Waals surface area (Å²) < 4.78 is 5.23. The molecular weight excluding hydrogens is 254 g/mol. The van der Waals surface area contributed by atoms with Crippen molar-refractivity contribution in [3.63, 3.8) is 0 Å². The van der Waals surface area contributed by atoms with Crippen LogP contribution in [0.5, 0.6) is 0 Å². The Morgan fingerprint density at radius 1 is 1.40 bits per heavy atom. The molecule has 0 aliphatic carbocycles. The van der Waals surface area contributed by atoms with Crippen molar-refractivity contribution in [2.24, 2.45) is 0 Å². The van der Waals surface area contributed by atoms with Crippen molar-refractivity contribution in [2.75, 3.05) is 0 Å². The molecule has 0 heterocycles. The fraction of sp³-hybridized carbons (Fsp3) is 0.438. The highest BCUT2D eigenvalue weighted by Crippen LogP contribution is 2.20. The maximum atomic E-state index is 11.9. The topological polar surface area (TPSA) is 58.6 Å². The number of ether oxygens (including phenoxy) is 1. The third kappa shape index (κ3) is 5.45. The number of hydrogen-bond donors (Lipinski definition) is 2. The highest BCUT2D eigenvalue weighted by atomic mass is 16.6. The van der Waals surface area contributed by atoms with E-state index in [0.717, 1.165) is 5.56 Å². The maximum absolute atomic E-state index is 11.9. The van der Waals surface area contributed by atoms with Crippen molar-refractivity contribution in [3.05, 3.63) is 48.6 Å². The van der Waals surface area contributed by atoms with E-state index in [4.69, 9.17) is 4.74 Å². The fourth-order valence-corrected chi connectivity index (χ4v) is 1.80. The zero-order valence-corrected chi connectivity index (χ0v) is 12.3. The van der Waals surface area contributed by atoms with E-state index in [1.165, 1.54) is 0 Å². The zero-order chi connectivity index (χ0) is 15.2. The van der Waals surface area contributed by atoms with E-state index >= 15 is 0 Å². The van der Waals surface area contributed by atoms with Crippen LogP contribution in [-0.2, 0) is 4.74 Å². The molecule has 1 amide bonds.